The van der Waals surface area contributed by atoms with E-state index in [4.69, 9.17) is 0 Å². The van der Waals surface area contributed by atoms with Crippen LogP contribution in [0, 0.1) is 0 Å². The summed E-state index contributed by atoms with van der Waals surface area (Å²) < 4.78 is 0. The monoisotopic (exact) mass is 728 g/mol. The molecule has 0 atom stereocenters. The van der Waals surface area contributed by atoms with Crippen molar-refractivity contribution in [2.24, 2.45) is 0 Å². The molecule has 54 heavy (non-hydrogen) atoms. The predicted molar refractivity (Wildman–Crippen MR) is 195 cm³/mol. The molecule has 0 saturated carbocycles. The Hall–Kier alpha value is -5.46. The first-order valence-corrected chi connectivity index (χ1v) is 16.1. The third kappa shape index (κ3) is 8.50. The molecule has 252 valence electrons. The first-order valence-electron chi connectivity index (χ1n) is 16.1. The second-order valence-corrected chi connectivity index (χ2v) is 11.7. The van der Waals surface area contributed by atoms with Crippen molar-refractivity contribution in [3.05, 3.63) is 177 Å². The Kier molecular flexibility index (Phi) is 12.9. The van der Waals surface area contributed by atoms with Gasteiger partial charge in [0, 0.05) is 22.3 Å². The first kappa shape index (κ1) is 39.7. The fourth-order valence-electron chi connectivity index (χ4n) is 5.88. The molecule has 10 nitrogen and oxygen atoms in total. The van der Waals surface area contributed by atoms with Gasteiger partial charge in [-0.3, -0.25) is 9.59 Å². The molecule has 0 amide bonds. The van der Waals surface area contributed by atoms with Crippen LogP contribution in [-0.2, 0) is 0 Å². The van der Waals surface area contributed by atoms with Crippen molar-refractivity contribution in [2.45, 2.75) is 0 Å². The number of H-pyrrole nitrogens is 2. The molecule has 0 radical (unpaired) electrons. The van der Waals surface area contributed by atoms with Gasteiger partial charge < -0.3 is 29.8 Å². The quantitative estimate of drug-likeness (QED) is 0.211. The number of carboxylic acids is 2. The number of nitrogens with one attached hydrogen (secondary N) is 2. The van der Waals surface area contributed by atoms with Gasteiger partial charge in [0.05, 0.1) is 34.5 Å². The van der Waals surface area contributed by atoms with Gasteiger partial charge >= 0.3 is 59.1 Å². The number of hydrogen-bond acceptors (Lipinski definition) is 8. The van der Waals surface area contributed by atoms with E-state index in [1.165, 1.54) is 0 Å². The number of aromatic amines is 2. The van der Waals surface area contributed by atoms with Crippen LogP contribution in [0.15, 0.2) is 155 Å². The van der Waals surface area contributed by atoms with Gasteiger partial charge in [0.2, 0.25) is 0 Å². The maximum absolute atomic E-state index is 12.4. The Morgan fingerprint density at radius 2 is 0.759 bits per heavy atom. The molecular formula is C42H26N4Na2O6. The number of aromatic nitrogens is 4. The molecule has 0 aliphatic rings. The second-order valence-electron chi connectivity index (χ2n) is 11.7. The van der Waals surface area contributed by atoms with Crippen LogP contribution in [0.4, 0.5) is 0 Å². The summed E-state index contributed by atoms with van der Waals surface area (Å²) >= 11 is 0. The van der Waals surface area contributed by atoms with Crippen molar-refractivity contribution in [3.8, 4) is 45.3 Å². The minimum absolute atomic E-state index is 0. The van der Waals surface area contributed by atoms with Crippen LogP contribution in [0.3, 0.4) is 0 Å². The molecule has 0 unspecified atom stereocenters. The molecule has 2 heterocycles. The third-order valence-electron chi connectivity index (χ3n) is 8.39. The smallest absolute Gasteiger partial charge is 0.545 e. The summed E-state index contributed by atoms with van der Waals surface area (Å²) in [5.41, 5.74) is 0.256. The van der Waals surface area contributed by atoms with Gasteiger partial charge in [-0.2, -0.15) is 0 Å². The number of benzene rings is 6. The molecule has 2 N–H and O–H groups in total. The molecule has 0 bridgehead atoms. The predicted octanol–water partition coefficient (Wildman–Crippen LogP) is -0.751. The molecule has 0 saturated heterocycles. The van der Waals surface area contributed by atoms with Crippen molar-refractivity contribution < 1.29 is 78.9 Å². The van der Waals surface area contributed by atoms with E-state index in [1.807, 2.05) is 84.9 Å². The molecule has 12 heteroatoms. The Balaban J connectivity index is 0.000000200. The van der Waals surface area contributed by atoms with E-state index in [0.717, 1.165) is 21.5 Å². The SMILES string of the molecule is O=C([O-])c1c(-c2ccccc2)nc(-c2ccc3ccccc3c2)[nH]c1=O.O=C([O-])c1c(-c2ccccc2)nc(-c2ccc3ccccc3c2)[nH]c1=O.[Na+].[Na+]. The number of rotatable bonds is 6. The molecule has 8 aromatic rings. The molecule has 0 aliphatic carbocycles. The van der Waals surface area contributed by atoms with E-state index < -0.39 is 34.2 Å². The van der Waals surface area contributed by atoms with Gasteiger partial charge in [-0.15, -0.1) is 0 Å². The van der Waals surface area contributed by atoms with E-state index in [0.29, 0.717) is 33.9 Å². The van der Waals surface area contributed by atoms with Crippen molar-refractivity contribution in [1.82, 2.24) is 19.9 Å². The van der Waals surface area contributed by atoms with Crippen LogP contribution in [0.25, 0.3) is 66.8 Å². The van der Waals surface area contributed by atoms with Gasteiger partial charge in [-0.1, -0.05) is 133 Å². The number of carboxylic acid groups (broad SMARTS) is 2. The van der Waals surface area contributed by atoms with E-state index in [1.54, 1.807) is 60.7 Å². The van der Waals surface area contributed by atoms with Crippen LogP contribution >= 0.6 is 0 Å². The van der Waals surface area contributed by atoms with Crippen molar-refractivity contribution in [1.29, 1.82) is 0 Å². The summed E-state index contributed by atoms with van der Waals surface area (Å²) in [7, 11) is 0. The zero-order valence-corrected chi connectivity index (χ0v) is 33.2. The minimum Gasteiger partial charge on any atom is -0.545 e. The maximum atomic E-state index is 12.4. The summed E-state index contributed by atoms with van der Waals surface area (Å²) in [6.07, 6.45) is 0. The molecule has 0 spiro atoms. The Morgan fingerprint density at radius 3 is 1.11 bits per heavy atom. The standard InChI is InChI=1S/2C21H14N2O3.2Na/c2*24-20-17(21(25)26)18(14-7-2-1-3-8-14)22-19(23-20)16-11-10-13-6-4-5-9-15(13)12-16;;/h2*1-12H,(H,25,26)(H,22,23,24);;/q;;2*+1/p-2. The number of aromatic carboxylic acids is 2. The number of carbonyl (C=O) groups excluding carboxylic acids is 2. The van der Waals surface area contributed by atoms with Crippen LogP contribution in [0.2, 0.25) is 0 Å². The molecule has 8 rings (SSSR count). The maximum Gasteiger partial charge on any atom is 1.00 e. The van der Waals surface area contributed by atoms with E-state index >= 15 is 0 Å². The Labute approximate surface area is 352 Å². The number of fused-ring (bicyclic) bond motifs is 2. The van der Waals surface area contributed by atoms with Crippen molar-refractivity contribution in [3.63, 3.8) is 0 Å². The molecule has 2 aromatic heterocycles. The Bertz CT molecular complexity index is 2560. The molecule has 0 fully saturated rings. The number of hydrogen-bond donors (Lipinski definition) is 2. The topological polar surface area (TPSA) is 172 Å². The van der Waals surface area contributed by atoms with E-state index in [2.05, 4.69) is 19.9 Å². The molecule has 6 aromatic carbocycles. The molecule has 0 aliphatic heterocycles. The fourth-order valence-corrected chi connectivity index (χ4v) is 5.88. The normalized spacial score (nSPS) is 10.4. The number of carbonyl (C=O) groups is 2. The average Bonchev–Trinajstić information content (AvgIpc) is 3.17. The summed E-state index contributed by atoms with van der Waals surface area (Å²) in [5, 5.41) is 27.1. The summed E-state index contributed by atoms with van der Waals surface area (Å²) in [6.45, 7) is 0. The molecular weight excluding hydrogens is 702 g/mol. The van der Waals surface area contributed by atoms with E-state index in [-0.39, 0.29) is 70.5 Å². The van der Waals surface area contributed by atoms with Crippen LogP contribution in [0.5, 0.6) is 0 Å². The van der Waals surface area contributed by atoms with Crippen molar-refractivity contribution >= 4 is 33.5 Å². The second kappa shape index (κ2) is 17.6. The van der Waals surface area contributed by atoms with Crippen molar-refractivity contribution in [2.75, 3.05) is 0 Å². The zero-order chi connectivity index (χ0) is 36.2. The van der Waals surface area contributed by atoms with Gasteiger partial charge in [0.15, 0.2) is 0 Å². The average molecular weight is 729 g/mol. The zero-order valence-electron chi connectivity index (χ0n) is 29.2. The van der Waals surface area contributed by atoms with Gasteiger partial charge in [0.25, 0.3) is 11.1 Å². The largest absolute Gasteiger partial charge is 1.00 e. The minimum atomic E-state index is -1.55. The van der Waals surface area contributed by atoms with Crippen LogP contribution in [-0.4, -0.2) is 31.9 Å². The summed E-state index contributed by atoms with van der Waals surface area (Å²) in [4.78, 5) is 61.7. The number of nitrogens with zero attached hydrogens (tertiary/aromatic N) is 2. The Morgan fingerprint density at radius 1 is 0.426 bits per heavy atom. The summed E-state index contributed by atoms with van der Waals surface area (Å²) in [6, 6.07) is 44.5. The van der Waals surface area contributed by atoms with E-state index in [9.17, 15) is 29.4 Å². The first-order chi connectivity index (χ1) is 25.3. The van der Waals surface area contributed by atoms with Crippen LogP contribution in [0.1, 0.15) is 20.7 Å². The third-order valence-corrected chi connectivity index (χ3v) is 8.39. The fraction of sp³-hybridized carbons (Fsp3) is 0. The van der Waals surface area contributed by atoms with Crippen LogP contribution < -0.4 is 80.4 Å². The van der Waals surface area contributed by atoms with Gasteiger partial charge in [0.1, 0.15) is 11.6 Å². The summed E-state index contributed by atoms with van der Waals surface area (Å²) in [5.74, 6) is -2.49. The van der Waals surface area contributed by atoms with Gasteiger partial charge in [-0.25, -0.2) is 9.97 Å². The van der Waals surface area contributed by atoms with Gasteiger partial charge in [-0.05, 0) is 33.7 Å².